The van der Waals surface area contributed by atoms with E-state index in [0.717, 1.165) is 5.56 Å². The van der Waals surface area contributed by atoms with Crippen molar-refractivity contribution in [2.75, 3.05) is 0 Å². The SMILES string of the molecule is C[C@H]([C]=O)OCc1ccccc1. The third-order valence-corrected chi connectivity index (χ3v) is 1.51. The Hall–Kier alpha value is -1.15. The summed E-state index contributed by atoms with van der Waals surface area (Å²) in [7, 11) is 0. The lowest BCUT2D eigenvalue weighted by Crippen LogP contribution is -2.08. The summed E-state index contributed by atoms with van der Waals surface area (Å²) in [6, 6.07) is 9.73. The van der Waals surface area contributed by atoms with Gasteiger partial charge in [0, 0.05) is 0 Å². The molecule has 1 aromatic carbocycles. The average molecular weight is 163 g/mol. The molecule has 0 fully saturated rings. The highest BCUT2D eigenvalue weighted by Crippen LogP contribution is 2.01. The van der Waals surface area contributed by atoms with Gasteiger partial charge in [-0.15, -0.1) is 0 Å². The van der Waals surface area contributed by atoms with Crippen molar-refractivity contribution in [1.82, 2.24) is 0 Å². The summed E-state index contributed by atoms with van der Waals surface area (Å²) < 4.78 is 5.15. The Bertz CT molecular complexity index is 231. The zero-order valence-electron chi connectivity index (χ0n) is 6.99. The maximum absolute atomic E-state index is 10.1. The lowest BCUT2D eigenvalue weighted by Gasteiger charge is -2.04. The summed E-state index contributed by atoms with van der Waals surface area (Å²) >= 11 is 0. The Morgan fingerprint density at radius 3 is 2.67 bits per heavy atom. The van der Waals surface area contributed by atoms with Gasteiger partial charge in [0.15, 0.2) is 0 Å². The normalized spacial score (nSPS) is 12.4. The van der Waals surface area contributed by atoms with Crippen molar-refractivity contribution < 1.29 is 9.53 Å². The number of hydrogen-bond donors (Lipinski definition) is 0. The highest BCUT2D eigenvalue weighted by Gasteiger charge is 1.99. The summed E-state index contributed by atoms with van der Waals surface area (Å²) in [5, 5.41) is 0. The van der Waals surface area contributed by atoms with E-state index in [9.17, 15) is 4.79 Å². The highest BCUT2D eigenvalue weighted by atomic mass is 16.5. The monoisotopic (exact) mass is 163 g/mol. The van der Waals surface area contributed by atoms with Crippen molar-refractivity contribution in [3.05, 3.63) is 35.9 Å². The third-order valence-electron chi connectivity index (χ3n) is 1.51. The molecule has 2 heteroatoms. The molecule has 0 spiro atoms. The zero-order valence-corrected chi connectivity index (χ0v) is 6.99. The van der Waals surface area contributed by atoms with Gasteiger partial charge >= 0.3 is 0 Å². The molecule has 0 unspecified atom stereocenters. The molecule has 63 valence electrons. The highest BCUT2D eigenvalue weighted by molar-refractivity contribution is 5.56. The van der Waals surface area contributed by atoms with Crippen LogP contribution in [0.5, 0.6) is 0 Å². The summed E-state index contributed by atoms with van der Waals surface area (Å²) in [4.78, 5) is 10.1. The molecule has 0 bridgehead atoms. The molecular weight excluding hydrogens is 152 g/mol. The maximum atomic E-state index is 10.1. The molecular formula is C10H11O2. The quantitative estimate of drug-likeness (QED) is 0.675. The van der Waals surface area contributed by atoms with Crippen LogP contribution in [0.2, 0.25) is 0 Å². The van der Waals surface area contributed by atoms with Crippen LogP contribution in [-0.2, 0) is 16.1 Å². The van der Waals surface area contributed by atoms with Crippen molar-refractivity contribution in [3.63, 3.8) is 0 Å². The van der Waals surface area contributed by atoms with E-state index >= 15 is 0 Å². The van der Waals surface area contributed by atoms with Gasteiger partial charge in [-0.3, -0.25) is 4.79 Å². The van der Waals surface area contributed by atoms with Gasteiger partial charge in [0.2, 0.25) is 6.29 Å². The maximum Gasteiger partial charge on any atom is 0.229 e. The van der Waals surface area contributed by atoms with Crippen LogP contribution in [0.1, 0.15) is 12.5 Å². The summed E-state index contributed by atoms with van der Waals surface area (Å²) in [5.74, 6) is 0. The van der Waals surface area contributed by atoms with Crippen LogP contribution in [0.25, 0.3) is 0 Å². The molecule has 0 saturated heterocycles. The second-order valence-corrected chi connectivity index (χ2v) is 2.56. The van der Waals surface area contributed by atoms with E-state index in [4.69, 9.17) is 4.74 Å². The fourth-order valence-electron chi connectivity index (χ4n) is 0.829. The van der Waals surface area contributed by atoms with E-state index in [1.807, 2.05) is 30.3 Å². The van der Waals surface area contributed by atoms with Crippen LogP contribution in [0.3, 0.4) is 0 Å². The van der Waals surface area contributed by atoms with Gasteiger partial charge in [-0.2, -0.15) is 0 Å². The van der Waals surface area contributed by atoms with Crippen LogP contribution in [0.15, 0.2) is 30.3 Å². The van der Waals surface area contributed by atoms with E-state index in [1.165, 1.54) is 0 Å². The minimum Gasteiger partial charge on any atom is -0.366 e. The average Bonchev–Trinajstić information content (AvgIpc) is 2.16. The van der Waals surface area contributed by atoms with Crippen molar-refractivity contribution in [2.45, 2.75) is 19.6 Å². The number of rotatable bonds is 4. The molecule has 0 saturated carbocycles. The predicted octanol–water partition coefficient (Wildman–Crippen LogP) is 1.70. The van der Waals surface area contributed by atoms with Gasteiger partial charge in [-0.25, -0.2) is 0 Å². The lowest BCUT2D eigenvalue weighted by molar-refractivity contribution is 0.0940. The molecule has 0 heterocycles. The molecule has 0 aliphatic heterocycles. The number of benzene rings is 1. The van der Waals surface area contributed by atoms with Gasteiger partial charge in [0.25, 0.3) is 0 Å². The van der Waals surface area contributed by atoms with Gasteiger partial charge in [-0.1, -0.05) is 30.3 Å². The molecule has 0 amide bonds. The van der Waals surface area contributed by atoms with Crippen molar-refractivity contribution in [1.29, 1.82) is 0 Å². The van der Waals surface area contributed by atoms with E-state index in [-0.39, 0.29) is 0 Å². The Kier molecular flexibility index (Phi) is 3.48. The molecule has 0 aliphatic rings. The molecule has 0 aliphatic carbocycles. The Morgan fingerprint density at radius 1 is 1.42 bits per heavy atom. The Morgan fingerprint density at radius 2 is 2.08 bits per heavy atom. The first-order valence-corrected chi connectivity index (χ1v) is 3.86. The molecule has 1 aromatic rings. The van der Waals surface area contributed by atoms with E-state index in [1.54, 1.807) is 13.2 Å². The second-order valence-electron chi connectivity index (χ2n) is 2.56. The van der Waals surface area contributed by atoms with E-state index in [0.29, 0.717) is 6.61 Å². The van der Waals surface area contributed by atoms with Crippen molar-refractivity contribution in [2.24, 2.45) is 0 Å². The zero-order chi connectivity index (χ0) is 8.81. The summed E-state index contributed by atoms with van der Waals surface area (Å²) in [6.45, 7) is 2.15. The number of ether oxygens (including phenoxy) is 1. The molecule has 12 heavy (non-hydrogen) atoms. The standard InChI is InChI=1S/C10H11O2/c1-9(7-11)12-8-10-5-3-2-4-6-10/h2-6,9H,8H2,1H3/t9-/m1/s1. The van der Waals surface area contributed by atoms with Gasteiger partial charge in [0.1, 0.15) is 6.10 Å². The first kappa shape index (κ1) is 8.94. The topological polar surface area (TPSA) is 26.3 Å². The molecule has 2 nitrogen and oxygen atoms in total. The van der Waals surface area contributed by atoms with Gasteiger partial charge in [0.05, 0.1) is 6.61 Å². The van der Waals surface area contributed by atoms with E-state index < -0.39 is 6.10 Å². The predicted molar refractivity (Wildman–Crippen MR) is 46.4 cm³/mol. The molecule has 0 aromatic heterocycles. The minimum absolute atomic E-state index is 0.440. The number of hydrogen-bond acceptors (Lipinski definition) is 2. The minimum atomic E-state index is -0.440. The van der Waals surface area contributed by atoms with Crippen LogP contribution in [-0.4, -0.2) is 12.4 Å². The fraction of sp³-hybridized carbons (Fsp3) is 0.300. The first-order chi connectivity index (χ1) is 5.83. The number of carbonyl (C=O) groups excluding carboxylic acids is 1. The van der Waals surface area contributed by atoms with Crippen LogP contribution in [0, 0.1) is 0 Å². The van der Waals surface area contributed by atoms with Crippen LogP contribution < -0.4 is 0 Å². The fourth-order valence-corrected chi connectivity index (χ4v) is 0.829. The Balaban J connectivity index is 2.38. The lowest BCUT2D eigenvalue weighted by atomic mass is 10.2. The van der Waals surface area contributed by atoms with Crippen LogP contribution >= 0.6 is 0 Å². The molecule has 1 radical (unpaired) electrons. The molecule has 0 N–H and O–H groups in total. The molecule has 1 atom stereocenters. The third kappa shape index (κ3) is 2.84. The van der Waals surface area contributed by atoms with Crippen LogP contribution in [0.4, 0.5) is 0 Å². The first-order valence-electron chi connectivity index (χ1n) is 3.86. The summed E-state index contributed by atoms with van der Waals surface area (Å²) in [6.07, 6.45) is 1.32. The smallest absolute Gasteiger partial charge is 0.229 e. The van der Waals surface area contributed by atoms with E-state index in [2.05, 4.69) is 0 Å². The molecule has 1 rings (SSSR count). The van der Waals surface area contributed by atoms with Gasteiger partial charge < -0.3 is 4.74 Å². The second kappa shape index (κ2) is 4.67. The largest absolute Gasteiger partial charge is 0.366 e. The summed E-state index contributed by atoms with van der Waals surface area (Å²) in [5.41, 5.74) is 1.07. The van der Waals surface area contributed by atoms with Gasteiger partial charge in [-0.05, 0) is 12.5 Å². The Labute approximate surface area is 72.2 Å². The van der Waals surface area contributed by atoms with Crippen molar-refractivity contribution >= 4 is 6.29 Å². The van der Waals surface area contributed by atoms with Crippen molar-refractivity contribution in [3.8, 4) is 0 Å².